The highest BCUT2D eigenvalue weighted by Crippen LogP contribution is 2.37. The number of phenols is 1. The standard InChI is InChI=1S/C17H25BrN2O/c1-17(2,3)13-9-12(18)8-11(16(13)21)7-10-5-4-6-14(19)15(10)20/h7-9,14-15,21H,4-6,19-20H2,1-3H3. The van der Waals surface area contributed by atoms with E-state index in [9.17, 15) is 5.11 Å². The highest BCUT2D eigenvalue weighted by Gasteiger charge is 2.24. The summed E-state index contributed by atoms with van der Waals surface area (Å²) in [5, 5.41) is 10.6. The van der Waals surface area contributed by atoms with Crippen LogP contribution < -0.4 is 11.5 Å². The second kappa shape index (κ2) is 6.11. The number of hydrogen-bond donors (Lipinski definition) is 3. The Hall–Kier alpha value is -0.840. The molecule has 2 atom stereocenters. The lowest BCUT2D eigenvalue weighted by Crippen LogP contribution is -2.45. The summed E-state index contributed by atoms with van der Waals surface area (Å²) in [5.74, 6) is 0.338. The number of hydrogen-bond acceptors (Lipinski definition) is 3. The van der Waals surface area contributed by atoms with Crippen molar-refractivity contribution in [3.63, 3.8) is 0 Å². The number of halogens is 1. The van der Waals surface area contributed by atoms with E-state index in [4.69, 9.17) is 11.5 Å². The molecule has 1 saturated carbocycles. The first-order valence-corrected chi connectivity index (χ1v) is 8.24. The number of benzene rings is 1. The van der Waals surface area contributed by atoms with Crippen molar-refractivity contribution in [2.45, 2.75) is 57.5 Å². The van der Waals surface area contributed by atoms with Crippen molar-refractivity contribution < 1.29 is 5.11 Å². The van der Waals surface area contributed by atoms with E-state index in [2.05, 4.69) is 36.7 Å². The summed E-state index contributed by atoms with van der Waals surface area (Å²) in [7, 11) is 0. The molecule has 0 aliphatic heterocycles. The molecule has 0 heterocycles. The van der Waals surface area contributed by atoms with Gasteiger partial charge in [0.2, 0.25) is 0 Å². The van der Waals surface area contributed by atoms with Gasteiger partial charge in [-0.05, 0) is 36.8 Å². The second-order valence-corrected chi connectivity index (χ2v) is 7.86. The van der Waals surface area contributed by atoms with Crippen LogP contribution in [-0.4, -0.2) is 17.2 Å². The largest absolute Gasteiger partial charge is 0.507 e. The maximum atomic E-state index is 10.6. The summed E-state index contributed by atoms with van der Waals surface area (Å²) in [6.45, 7) is 6.27. The molecule has 2 rings (SSSR count). The molecule has 2 unspecified atom stereocenters. The predicted octanol–water partition coefficient (Wildman–Crippen LogP) is 3.67. The minimum absolute atomic E-state index is 0.0152. The van der Waals surface area contributed by atoms with Gasteiger partial charge in [-0.3, -0.25) is 0 Å². The fourth-order valence-electron chi connectivity index (χ4n) is 2.83. The van der Waals surface area contributed by atoms with Gasteiger partial charge in [0.15, 0.2) is 0 Å². The number of aromatic hydroxyl groups is 1. The molecular weight excluding hydrogens is 328 g/mol. The van der Waals surface area contributed by atoms with Crippen molar-refractivity contribution in [2.75, 3.05) is 0 Å². The Morgan fingerprint density at radius 2 is 1.95 bits per heavy atom. The molecule has 116 valence electrons. The molecule has 1 fully saturated rings. The molecule has 1 aliphatic carbocycles. The van der Waals surface area contributed by atoms with Crippen molar-refractivity contribution >= 4 is 22.0 Å². The van der Waals surface area contributed by atoms with Gasteiger partial charge in [0.25, 0.3) is 0 Å². The van der Waals surface area contributed by atoms with Crippen molar-refractivity contribution in [2.24, 2.45) is 11.5 Å². The number of phenolic OH excluding ortho intramolecular Hbond substituents is 1. The van der Waals surface area contributed by atoms with E-state index in [1.807, 2.05) is 18.2 Å². The van der Waals surface area contributed by atoms with Crippen LogP contribution in [0.25, 0.3) is 6.08 Å². The van der Waals surface area contributed by atoms with E-state index in [1.54, 1.807) is 0 Å². The van der Waals surface area contributed by atoms with E-state index in [1.165, 1.54) is 0 Å². The van der Waals surface area contributed by atoms with Gasteiger partial charge in [0.05, 0.1) is 0 Å². The maximum absolute atomic E-state index is 10.6. The van der Waals surface area contributed by atoms with Crippen LogP contribution in [0.4, 0.5) is 0 Å². The van der Waals surface area contributed by atoms with Crippen molar-refractivity contribution in [1.29, 1.82) is 0 Å². The van der Waals surface area contributed by atoms with Crippen LogP contribution in [0.15, 0.2) is 22.2 Å². The monoisotopic (exact) mass is 352 g/mol. The lowest BCUT2D eigenvalue weighted by Gasteiger charge is -2.28. The lowest BCUT2D eigenvalue weighted by molar-refractivity contribution is 0.444. The Morgan fingerprint density at radius 1 is 1.29 bits per heavy atom. The third kappa shape index (κ3) is 3.68. The molecule has 0 saturated heterocycles. The topological polar surface area (TPSA) is 72.3 Å². The van der Waals surface area contributed by atoms with Gasteiger partial charge in [0.1, 0.15) is 5.75 Å². The Balaban J connectivity index is 2.47. The van der Waals surface area contributed by atoms with Gasteiger partial charge in [-0.1, -0.05) is 48.4 Å². The van der Waals surface area contributed by atoms with Gasteiger partial charge < -0.3 is 16.6 Å². The molecule has 4 heteroatoms. The summed E-state index contributed by atoms with van der Waals surface area (Å²) in [5.41, 5.74) is 15.0. The van der Waals surface area contributed by atoms with Crippen molar-refractivity contribution in [3.05, 3.63) is 33.3 Å². The van der Waals surface area contributed by atoms with Crippen LogP contribution in [0.3, 0.4) is 0 Å². The van der Waals surface area contributed by atoms with Gasteiger partial charge in [-0.25, -0.2) is 0 Å². The molecule has 1 aliphatic rings. The normalized spacial score (nSPS) is 25.3. The fraction of sp³-hybridized carbons (Fsp3) is 0.529. The third-order valence-corrected chi connectivity index (χ3v) is 4.60. The summed E-state index contributed by atoms with van der Waals surface area (Å²) >= 11 is 3.54. The minimum Gasteiger partial charge on any atom is -0.507 e. The molecule has 21 heavy (non-hydrogen) atoms. The minimum atomic E-state index is -0.119. The molecule has 1 aromatic carbocycles. The van der Waals surface area contributed by atoms with E-state index < -0.39 is 0 Å². The third-order valence-electron chi connectivity index (χ3n) is 4.15. The molecule has 3 nitrogen and oxygen atoms in total. The van der Waals surface area contributed by atoms with Crippen LogP contribution in [0.5, 0.6) is 5.75 Å². The molecule has 0 bridgehead atoms. The second-order valence-electron chi connectivity index (χ2n) is 6.94. The molecule has 0 spiro atoms. The Bertz CT molecular complexity index is 561. The van der Waals surface area contributed by atoms with Crippen LogP contribution in [0, 0.1) is 0 Å². The van der Waals surface area contributed by atoms with Crippen LogP contribution >= 0.6 is 15.9 Å². The average Bonchev–Trinajstić information content (AvgIpc) is 2.37. The van der Waals surface area contributed by atoms with Crippen LogP contribution in [0.1, 0.15) is 51.2 Å². The van der Waals surface area contributed by atoms with E-state index in [-0.39, 0.29) is 17.5 Å². The zero-order chi connectivity index (χ0) is 15.8. The van der Waals surface area contributed by atoms with E-state index >= 15 is 0 Å². The highest BCUT2D eigenvalue weighted by molar-refractivity contribution is 9.10. The van der Waals surface area contributed by atoms with Gasteiger partial charge in [-0.2, -0.15) is 0 Å². The van der Waals surface area contributed by atoms with E-state index in [0.29, 0.717) is 5.75 Å². The Kier molecular flexibility index (Phi) is 4.81. The highest BCUT2D eigenvalue weighted by atomic mass is 79.9. The van der Waals surface area contributed by atoms with Crippen molar-refractivity contribution in [3.8, 4) is 5.75 Å². The van der Waals surface area contributed by atoms with Crippen LogP contribution in [-0.2, 0) is 5.41 Å². The predicted molar refractivity (Wildman–Crippen MR) is 92.3 cm³/mol. The first-order chi connectivity index (χ1) is 9.70. The molecular formula is C17H25BrN2O. The van der Waals surface area contributed by atoms with Gasteiger partial charge in [0, 0.05) is 27.7 Å². The summed E-state index contributed by atoms with van der Waals surface area (Å²) in [4.78, 5) is 0. The molecule has 0 amide bonds. The van der Waals surface area contributed by atoms with Crippen LogP contribution in [0.2, 0.25) is 0 Å². The zero-order valence-corrected chi connectivity index (χ0v) is 14.6. The van der Waals surface area contributed by atoms with E-state index in [0.717, 1.165) is 40.4 Å². The van der Waals surface area contributed by atoms with Gasteiger partial charge >= 0.3 is 0 Å². The van der Waals surface area contributed by atoms with Crippen molar-refractivity contribution in [1.82, 2.24) is 0 Å². The number of rotatable bonds is 1. The first kappa shape index (κ1) is 16.5. The lowest BCUT2D eigenvalue weighted by atomic mass is 9.83. The molecule has 0 radical (unpaired) electrons. The maximum Gasteiger partial charge on any atom is 0.126 e. The average molecular weight is 353 g/mol. The SMILES string of the molecule is CC(C)(C)c1cc(Br)cc(C=C2CCCC(N)C2N)c1O. The smallest absolute Gasteiger partial charge is 0.126 e. The number of nitrogens with two attached hydrogens (primary N) is 2. The zero-order valence-electron chi connectivity index (χ0n) is 13.0. The fourth-order valence-corrected chi connectivity index (χ4v) is 3.31. The molecule has 5 N–H and O–H groups in total. The summed E-state index contributed by atoms with van der Waals surface area (Å²) in [6, 6.07) is 3.81. The Morgan fingerprint density at radius 3 is 2.57 bits per heavy atom. The summed E-state index contributed by atoms with van der Waals surface area (Å²) in [6.07, 6.45) is 4.99. The molecule has 1 aromatic rings. The van der Waals surface area contributed by atoms with Gasteiger partial charge in [-0.15, -0.1) is 0 Å². The quantitative estimate of drug-likeness (QED) is 0.721. The summed E-state index contributed by atoms with van der Waals surface area (Å²) < 4.78 is 0.964. The molecule has 0 aromatic heterocycles. The Labute approximate surface area is 135 Å². The first-order valence-electron chi connectivity index (χ1n) is 7.45.